The van der Waals surface area contributed by atoms with E-state index < -0.39 is 0 Å². The summed E-state index contributed by atoms with van der Waals surface area (Å²) in [6, 6.07) is 8.39. The van der Waals surface area contributed by atoms with Crippen molar-refractivity contribution < 1.29 is 4.74 Å². The summed E-state index contributed by atoms with van der Waals surface area (Å²) in [4.78, 5) is 4.12. The van der Waals surface area contributed by atoms with Gasteiger partial charge in [0.15, 0.2) is 0 Å². The summed E-state index contributed by atoms with van der Waals surface area (Å²) in [6.07, 6.45) is 0. The molecule has 17 heavy (non-hydrogen) atoms. The molecule has 1 aromatic heterocycles. The minimum absolute atomic E-state index is 0.376. The first-order valence-corrected chi connectivity index (χ1v) is 6.44. The highest BCUT2D eigenvalue weighted by atomic mass is 79.9. The Morgan fingerprint density at radius 1 is 1.00 bits per heavy atom. The minimum atomic E-state index is 0.376. The molecule has 0 aliphatic heterocycles. The summed E-state index contributed by atoms with van der Waals surface area (Å²) in [5.41, 5.74) is 0. The van der Waals surface area contributed by atoms with Crippen LogP contribution in [0.5, 0.6) is 11.6 Å². The van der Waals surface area contributed by atoms with E-state index in [2.05, 4.69) is 20.9 Å². The number of aromatic nitrogens is 1. The van der Waals surface area contributed by atoms with Gasteiger partial charge in [0, 0.05) is 12.1 Å². The second-order valence-corrected chi connectivity index (χ2v) is 5.13. The Labute approximate surface area is 122 Å². The van der Waals surface area contributed by atoms with Crippen LogP contribution < -0.4 is 4.74 Å². The topological polar surface area (TPSA) is 22.1 Å². The Morgan fingerprint density at radius 2 is 1.71 bits per heavy atom. The van der Waals surface area contributed by atoms with Gasteiger partial charge in [0.2, 0.25) is 5.88 Å². The zero-order valence-electron chi connectivity index (χ0n) is 8.25. The van der Waals surface area contributed by atoms with Gasteiger partial charge in [0.1, 0.15) is 10.4 Å². The normalized spacial score (nSPS) is 10.4. The van der Waals surface area contributed by atoms with Gasteiger partial charge < -0.3 is 4.74 Å². The van der Waals surface area contributed by atoms with Crippen LogP contribution in [0.2, 0.25) is 15.1 Å². The third kappa shape index (κ3) is 3.26. The van der Waals surface area contributed by atoms with Crippen molar-refractivity contribution in [3.8, 4) is 11.6 Å². The van der Waals surface area contributed by atoms with Crippen LogP contribution in [0.1, 0.15) is 0 Å². The average Bonchev–Trinajstić information content (AvgIpc) is 2.26. The molecular formula is C11H5BrCl3NO. The molecule has 0 atom stereocenters. The maximum Gasteiger partial charge on any atom is 0.220 e. The van der Waals surface area contributed by atoms with Crippen LogP contribution in [0.25, 0.3) is 0 Å². The fourth-order valence-corrected chi connectivity index (χ4v) is 2.04. The van der Waals surface area contributed by atoms with Gasteiger partial charge in [-0.05, 0) is 28.1 Å². The van der Waals surface area contributed by atoms with Gasteiger partial charge in [-0.25, -0.2) is 4.98 Å². The summed E-state index contributed by atoms with van der Waals surface area (Å²) < 4.78 is 6.18. The Balaban J connectivity index is 2.33. The summed E-state index contributed by atoms with van der Waals surface area (Å²) in [5.74, 6) is 0.825. The van der Waals surface area contributed by atoms with Crippen molar-refractivity contribution in [2.45, 2.75) is 0 Å². The average molecular weight is 353 g/mol. The molecule has 0 amide bonds. The van der Waals surface area contributed by atoms with E-state index in [1.54, 1.807) is 24.3 Å². The zero-order chi connectivity index (χ0) is 12.4. The van der Waals surface area contributed by atoms with E-state index in [-0.39, 0.29) is 0 Å². The number of nitrogens with zero attached hydrogens (tertiary/aromatic N) is 1. The molecule has 0 bridgehead atoms. The second kappa shape index (κ2) is 5.44. The van der Waals surface area contributed by atoms with E-state index in [1.807, 2.05) is 0 Å². The van der Waals surface area contributed by atoms with Gasteiger partial charge in [-0.3, -0.25) is 0 Å². The number of pyridine rings is 1. The van der Waals surface area contributed by atoms with Gasteiger partial charge in [-0.2, -0.15) is 0 Å². The van der Waals surface area contributed by atoms with Crippen LogP contribution in [0.3, 0.4) is 0 Å². The Kier molecular flexibility index (Phi) is 4.15. The fraction of sp³-hybridized carbons (Fsp3) is 0. The first kappa shape index (κ1) is 13.0. The molecule has 6 heteroatoms. The van der Waals surface area contributed by atoms with E-state index in [9.17, 15) is 0 Å². The lowest BCUT2D eigenvalue weighted by atomic mass is 10.3. The highest BCUT2D eigenvalue weighted by Crippen LogP contribution is 2.35. The molecule has 0 aliphatic rings. The van der Waals surface area contributed by atoms with Crippen molar-refractivity contribution in [1.29, 1.82) is 0 Å². The van der Waals surface area contributed by atoms with Crippen molar-refractivity contribution in [1.82, 2.24) is 4.98 Å². The third-order valence-corrected chi connectivity index (χ3v) is 3.34. The van der Waals surface area contributed by atoms with Crippen molar-refractivity contribution in [3.05, 3.63) is 50.0 Å². The predicted octanol–water partition coefficient (Wildman–Crippen LogP) is 5.60. The molecule has 0 spiro atoms. The summed E-state index contributed by atoms with van der Waals surface area (Å²) in [5, 5.41) is 1.13. The zero-order valence-corrected chi connectivity index (χ0v) is 12.1. The minimum Gasteiger partial charge on any atom is -0.437 e. The smallest absolute Gasteiger partial charge is 0.220 e. The molecule has 0 fully saturated rings. The number of rotatable bonds is 2. The Morgan fingerprint density at radius 3 is 2.41 bits per heavy atom. The molecule has 0 radical (unpaired) electrons. The van der Waals surface area contributed by atoms with Gasteiger partial charge in [-0.15, -0.1) is 0 Å². The monoisotopic (exact) mass is 351 g/mol. The molecule has 1 heterocycles. The second-order valence-electron chi connectivity index (χ2n) is 3.10. The van der Waals surface area contributed by atoms with E-state index in [4.69, 9.17) is 39.5 Å². The van der Waals surface area contributed by atoms with Crippen LogP contribution in [0, 0.1) is 0 Å². The van der Waals surface area contributed by atoms with Crippen LogP contribution in [-0.2, 0) is 0 Å². The maximum atomic E-state index is 5.98. The number of hydrogen-bond acceptors (Lipinski definition) is 2. The molecule has 2 nitrogen and oxygen atoms in total. The quantitative estimate of drug-likeness (QED) is 0.518. The molecule has 0 aliphatic carbocycles. The first-order valence-electron chi connectivity index (χ1n) is 4.51. The maximum absolute atomic E-state index is 5.98. The van der Waals surface area contributed by atoms with Crippen molar-refractivity contribution >= 4 is 50.7 Å². The van der Waals surface area contributed by atoms with Gasteiger partial charge >= 0.3 is 0 Å². The van der Waals surface area contributed by atoms with Crippen molar-refractivity contribution in [2.24, 2.45) is 0 Å². The molecule has 0 saturated heterocycles. The van der Waals surface area contributed by atoms with Crippen LogP contribution >= 0.6 is 50.7 Å². The standard InChI is InChI=1S/C11H5BrCl3NO/c12-10-2-1-3-11(16-10)17-9-5-7(14)6(13)4-8(9)15/h1-5H. The first-order chi connectivity index (χ1) is 8.06. The third-order valence-electron chi connectivity index (χ3n) is 1.88. The number of hydrogen-bond donors (Lipinski definition) is 0. The summed E-state index contributed by atoms with van der Waals surface area (Å²) in [6.45, 7) is 0. The SMILES string of the molecule is Clc1cc(Cl)c(Oc2cccc(Br)n2)cc1Cl. The van der Waals surface area contributed by atoms with E-state index >= 15 is 0 Å². The Bertz CT molecular complexity index is 562. The lowest BCUT2D eigenvalue weighted by Crippen LogP contribution is -1.89. The lowest BCUT2D eigenvalue weighted by molar-refractivity contribution is 0.462. The van der Waals surface area contributed by atoms with E-state index in [0.717, 1.165) is 0 Å². The summed E-state index contributed by atoms with van der Waals surface area (Å²) in [7, 11) is 0. The van der Waals surface area contributed by atoms with Crippen LogP contribution in [0.15, 0.2) is 34.9 Å². The number of halogens is 4. The van der Waals surface area contributed by atoms with Gasteiger partial charge in [-0.1, -0.05) is 40.9 Å². The molecule has 0 saturated carbocycles. The highest BCUT2D eigenvalue weighted by Gasteiger charge is 2.08. The number of ether oxygens (including phenoxy) is 1. The van der Waals surface area contributed by atoms with Crippen LogP contribution in [0.4, 0.5) is 0 Å². The molecule has 0 N–H and O–H groups in total. The number of benzene rings is 1. The summed E-state index contributed by atoms with van der Waals surface area (Å²) >= 11 is 20.9. The molecule has 88 valence electrons. The fourth-order valence-electron chi connectivity index (χ4n) is 1.14. The highest BCUT2D eigenvalue weighted by molar-refractivity contribution is 9.10. The molecule has 1 aromatic carbocycles. The molecule has 2 rings (SSSR count). The molecule has 0 unspecified atom stereocenters. The van der Waals surface area contributed by atoms with Crippen molar-refractivity contribution in [3.63, 3.8) is 0 Å². The predicted molar refractivity (Wildman–Crippen MR) is 73.5 cm³/mol. The van der Waals surface area contributed by atoms with Gasteiger partial charge in [0.05, 0.1) is 15.1 Å². The molecular weight excluding hydrogens is 348 g/mol. The van der Waals surface area contributed by atoms with Crippen LogP contribution in [-0.4, -0.2) is 4.98 Å². The van der Waals surface area contributed by atoms with E-state index in [0.29, 0.717) is 31.3 Å². The molecule has 2 aromatic rings. The van der Waals surface area contributed by atoms with E-state index in [1.165, 1.54) is 6.07 Å². The lowest BCUT2D eigenvalue weighted by Gasteiger charge is -2.08. The van der Waals surface area contributed by atoms with Crippen molar-refractivity contribution in [2.75, 3.05) is 0 Å². The largest absolute Gasteiger partial charge is 0.437 e. The Hall–Kier alpha value is -0.480. The van der Waals surface area contributed by atoms with Gasteiger partial charge in [0.25, 0.3) is 0 Å².